The maximum absolute atomic E-state index is 13.3. The van der Waals surface area contributed by atoms with Crippen molar-refractivity contribution < 1.29 is 36.6 Å². The lowest BCUT2D eigenvalue weighted by molar-refractivity contribution is 0.111. The molecule has 9 nitrogen and oxygen atoms in total. The summed E-state index contributed by atoms with van der Waals surface area (Å²) in [7, 11) is -8.82. The minimum Gasteiger partial charge on any atom is -0.508 e. The van der Waals surface area contributed by atoms with Gasteiger partial charge in [0.2, 0.25) is 20.0 Å². The zero-order valence-corrected chi connectivity index (χ0v) is 24.3. The fourth-order valence-corrected chi connectivity index (χ4v) is 8.87. The second kappa shape index (κ2) is 13.5. The van der Waals surface area contributed by atoms with Crippen molar-refractivity contribution in [3.8, 4) is 11.5 Å². The number of alkyl halides is 2. The second-order valence-corrected chi connectivity index (χ2v) is 13.7. The molecule has 214 valence electrons. The van der Waals surface area contributed by atoms with Gasteiger partial charge in [-0.1, -0.05) is 12.1 Å². The Kier molecular flexibility index (Phi) is 10.6. The Morgan fingerprint density at radius 2 is 1.20 bits per heavy atom. The smallest absolute Gasteiger partial charge is 0.248 e. The molecule has 3 rings (SSSR count). The zero-order chi connectivity index (χ0) is 29.5. The molecule has 0 unspecified atom stereocenters. The summed E-state index contributed by atoms with van der Waals surface area (Å²) in [6.45, 7) is 0. The second-order valence-electron chi connectivity index (χ2n) is 8.81. The Balaban J connectivity index is 2.33. The van der Waals surface area contributed by atoms with Gasteiger partial charge in [0.15, 0.2) is 0 Å². The molecule has 3 aromatic carbocycles. The van der Waals surface area contributed by atoms with Crippen molar-refractivity contribution in [2.45, 2.75) is 18.8 Å². The molecule has 40 heavy (non-hydrogen) atoms. The number of aldehydes is 2. The fourth-order valence-electron chi connectivity index (χ4n) is 4.23. The van der Waals surface area contributed by atoms with Crippen LogP contribution in [-0.4, -0.2) is 62.9 Å². The molecule has 0 radical (unpaired) electrons. The average molecular weight is 629 g/mol. The summed E-state index contributed by atoms with van der Waals surface area (Å²) in [5.41, 5.74) is 0.772. The number of rotatable bonds is 14. The summed E-state index contributed by atoms with van der Waals surface area (Å²) in [5, 5.41) is 21.6. The summed E-state index contributed by atoms with van der Waals surface area (Å²) in [6.07, 6.45) is 1.14. The number of carbonyl (C=O) groups is 2. The first-order valence-corrected chi connectivity index (χ1v) is 16.3. The van der Waals surface area contributed by atoms with Crippen molar-refractivity contribution >= 4 is 61.5 Å². The first kappa shape index (κ1) is 31.4. The monoisotopic (exact) mass is 627 g/mol. The zero-order valence-electron chi connectivity index (χ0n) is 21.1. The van der Waals surface area contributed by atoms with Crippen molar-refractivity contribution in [1.29, 1.82) is 0 Å². The van der Waals surface area contributed by atoms with E-state index in [9.17, 15) is 36.6 Å². The van der Waals surface area contributed by atoms with Gasteiger partial charge in [0.05, 0.1) is 17.2 Å². The largest absolute Gasteiger partial charge is 0.508 e. The number of hydrogen-bond donors (Lipinski definition) is 2. The van der Waals surface area contributed by atoms with Gasteiger partial charge in [0.25, 0.3) is 0 Å². The first-order valence-electron chi connectivity index (χ1n) is 12.0. The van der Waals surface area contributed by atoms with Crippen LogP contribution < -0.4 is 3.71 Å². The van der Waals surface area contributed by atoms with Gasteiger partial charge in [0, 0.05) is 39.9 Å². The third kappa shape index (κ3) is 7.14. The van der Waals surface area contributed by atoms with Gasteiger partial charge in [-0.2, -0.15) is 3.71 Å². The Morgan fingerprint density at radius 3 is 1.62 bits per heavy atom. The van der Waals surface area contributed by atoms with Crippen molar-refractivity contribution in [1.82, 2.24) is 0 Å². The summed E-state index contributed by atoms with van der Waals surface area (Å²) >= 11 is 11.4. The Bertz CT molecular complexity index is 1500. The van der Waals surface area contributed by atoms with Gasteiger partial charge in [-0.25, -0.2) is 16.8 Å². The van der Waals surface area contributed by atoms with Crippen LogP contribution in [0, 0.1) is 0 Å². The van der Waals surface area contributed by atoms with Crippen molar-refractivity contribution in [3.63, 3.8) is 0 Å². The highest BCUT2D eigenvalue weighted by atomic mass is 35.5. The molecular formula is C27H27Cl2NO8S2. The van der Waals surface area contributed by atoms with Crippen molar-refractivity contribution in [3.05, 3.63) is 88.5 Å². The molecule has 0 aromatic heterocycles. The predicted octanol–water partition coefficient (Wildman–Crippen LogP) is 4.63. The molecule has 13 heteroatoms. The van der Waals surface area contributed by atoms with Gasteiger partial charge in [-0.3, -0.25) is 9.59 Å². The van der Waals surface area contributed by atoms with Crippen LogP contribution in [0.25, 0.3) is 0 Å². The highest BCUT2D eigenvalue weighted by Crippen LogP contribution is 2.42. The van der Waals surface area contributed by atoms with Crippen LogP contribution in [0.15, 0.2) is 60.7 Å². The molecule has 0 bridgehead atoms. The van der Waals surface area contributed by atoms with Crippen molar-refractivity contribution in [2.75, 3.05) is 27.0 Å². The number of anilines is 1. The lowest BCUT2D eigenvalue weighted by Gasteiger charge is -2.26. The molecule has 0 spiro atoms. The Labute approximate surface area is 243 Å². The molecule has 0 fully saturated rings. The molecule has 0 aliphatic heterocycles. The maximum atomic E-state index is 13.3. The molecule has 0 aliphatic carbocycles. The molecular weight excluding hydrogens is 601 g/mol. The van der Waals surface area contributed by atoms with Crippen LogP contribution in [-0.2, 0) is 20.0 Å². The number of phenolic OH excluding ortho intramolecular Hbond substituents is 2. The predicted molar refractivity (Wildman–Crippen MR) is 155 cm³/mol. The van der Waals surface area contributed by atoms with Gasteiger partial charge >= 0.3 is 0 Å². The number of phenols is 2. The fraction of sp³-hybridized carbons (Fsp3) is 0.259. The minimum atomic E-state index is -4.41. The SMILES string of the molecule is O=Cc1ccc(O)c(C(c2cccc(N(S(=O)(=O)CCCCl)S(=O)(=O)CCCCl)c2)c2cc(C=O)ccc2O)c1. The molecule has 2 N–H and O–H groups in total. The highest BCUT2D eigenvalue weighted by molar-refractivity contribution is 8.10. The molecule has 3 aromatic rings. The van der Waals surface area contributed by atoms with Crippen LogP contribution in [0.4, 0.5) is 5.69 Å². The normalized spacial score (nSPS) is 11.9. The van der Waals surface area contributed by atoms with Gasteiger partial charge < -0.3 is 10.2 Å². The van der Waals surface area contributed by atoms with E-state index in [0.29, 0.717) is 16.3 Å². The van der Waals surface area contributed by atoms with E-state index in [-0.39, 0.29) is 69.6 Å². The topological polar surface area (TPSA) is 146 Å². The molecule has 0 aliphatic rings. The highest BCUT2D eigenvalue weighted by Gasteiger charge is 2.34. The van der Waals surface area contributed by atoms with Crippen LogP contribution in [0.1, 0.15) is 56.2 Å². The van der Waals surface area contributed by atoms with E-state index in [4.69, 9.17) is 23.2 Å². The number of halogens is 2. The van der Waals surface area contributed by atoms with E-state index in [1.54, 1.807) is 6.07 Å². The maximum Gasteiger partial charge on any atom is 0.248 e. The van der Waals surface area contributed by atoms with Crippen LogP contribution in [0.3, 0.4) is 0 Å². The molecule has 0 amide bonds. The summed E-state index contributed by atoms with van der Waals surface area (Å²) in [5.74, 6) is -2.62. The summed E-state index contributed by atoms with van der Waals surface area (Å²) in [6, 6.07) is 13.7. The molecule has 0 heterocycles. The third-order valence-electron chi connectivity index (χ3n) is 5.99. The van der Waals surface area contributed by atoms with Crippen LogP contribution in [0.2, 0.25) is 0 Å². The van der Waals surface area contributed by atoms with E-state index in [2.05, 4.69) is 0 Å². The number of nitrogens with zero attached hydrogens (tertiary/aromatic N) is 1. The van der Waals surface area contributed by atoms with Gasteiger partial charge in [-0.15, -0.1) is 23.2 Å². The van der Waals surface area contributed by atoms with Gasteiger partial charge in [0.1, 0.15) is 24.1 Å². The summed E-state index contributed by atoms with van der Waals surface area (Å²) in [4.78, 5) is 23.1. The molecule has 0 saturated carbocycles. The van der Waals surface area contributed by atoms with Crippen LogP contribution in [0.5, 0.6) is 11.5 Å². The lowest BCUT2D eigenvalue weighted by atomic mass is 9.83. The number of benzene rings is 3. The summed E-state index contributed by atoms with van der Waals surface area (Å²) < 4.78 is 53.5. The Hall–Kier alpha value is -3.12. The first-order chi connectivity index (χ1) is 19.0. The Morgan fingerprint density at radius 1 is 0.725 bits per heavy atom. The third-order valence-corrected chi connectivity index (χ3v) is 10.9. The van der Waals surface area contributed by atoms with Crippen molar-refractivity contribution in [2.24, 2.45) is 0 Å². The van der Waals surface area contributed by atoms with Gasteiger partial charge in [-0.05, 0) is 66.9 Å². The quantitative estimate of drug-likeness (QED) is 0.149. The number of hydrogen-bond acceptors (Lipinski definition) is 8. The number of aromatic hydroxyl groups is 2. The van der Waals surface area contributed by atoms with E-state index >= 15 is 0 Å². The van der Waals surface area contributed by atoms with E-state index < -0.39 is 37.5 Å². The molecule has 0 saturated heterocycles. The van der Waals surface area contributed by atoms with E-state index in [1.807, 2.05) is 0 Å². The minimum absolute atomic E-state index is 0.00435. The average Bonchev–Trinajstić information content (AvgIpc) is 2.93. The standard InChI is InChI=1S/C27H27Cl2NO8S2/c28-10-2-12-39(35,36)30(40(37,38)13-3-11-29)22-5-1-4-21(16-22)27(23-14-19(17-31)6-8-25(23)33)24-15-20(18-32)7-9-26(24)34/h1,4-9,14-18,27,33-34H,2-3,10-13H2. The van der Waals surface area contributed by atoms with Crippen LogP contribution >= 0.6 is 23.2 Å². The number of sulfonamides is 2. The lowest BCUT2D eigenvalue weighted by Crippen LogP contribution is -2.40. The molecule has 0 atom stereocenters. The number of carbonyl (C=O) groups excluding carboxylic acids is 2. The van der Waals surface area contributed by atoms with E-state index in [1.165, 1.54) is 54.6 Å². The van der Waals surface area contributed by atoms with E-state index in [0.717, 1.165) is 0 Å².